The zero-order chi connectivity index (χ0) is 13.5. The summed E-state index contributed by atoms with van der Waals surface area (Å²) in [5.74, 6) is 5.67. The van der Waals surface area contributed by atoms with Crippen molar-refractivity contribution in [3.05, 3.63) is 21.9 Å². The van der Waals surface area contributed by atoms with Gasteiger partial charge >= 0.3 is 0 Å². The van der Waals surface area contributed by atoms with Crippen LogP contribution in [0.4, 0.5) is 0 Å². The Morgan fingerprint density at radius 3 is 3.26 bits per heavy atom. The van der Waals surface area contributed by atoms with Crippen LogP contribution in [0.1, 0.15) is 34.5 Å². The van der Waals surface area contributed by atoms with Gasteiger partial charge in [0.15, 0.2) is 0 Å². The molecule has 0 saturated carbocycles. The third-order valence-corrected chi connectivity index (χ3v) is 3.74. The molecule has 2 N–H and O–H groups in total. The topological polar surface area (TPSA) is 58.6 Å². The maximum absolute atomic E-state index is 12.2. The lowest BCUT2D eigenvalue weighted by atomic mass is 10.1. The average molecular weight is 279 g/mol. The molecule has 1 unspecified atom stereocenters. The molecule has 1 aromatic rings. The number of thiophene rings is 1. The summed E-state index contributed by atoms with van der Waals surface area (Å²) in [7, 11) is 0. The molecular weight excluding hydrogens is 262 g/mol. The molecule has 1 fully saturated rings. The van der Waals surface area contributed by atoms with Crippen molar-refractivity contribution in [1.29, 1.82) is 0 Å². The molecule has 1 atom stereocenters. The largest absolute Gasteiger partial charge is 0.395 e. The van der Waals surface area contributed by atoms with Crippen LogP contribution < -0.4 is 5.32 Å². The van der Waals surface area contributed by atoms with Gasteiger partial charge in [-0.15, -0.1) is 11.3 Å². The molecule has 1 aromatic heterocycles. The summed E-state index contributed by atoms with van der Waals surface area (Å²) in [5, 5.41) is 13.5. The summed E-state index contributed by atoms with van der Waals surface area (Å²) in [6, 6.07) is 1.93. The summed E-state index contributed by atoms with van der Waals surface area (Å²) in [6.45, 7) is 1.41. The second kappa shape index (κ2) is 7.29. The third kappa shape index (κ3) is 4.06. The highest BCUT2D eigenvalue weighted by Gasteiger charge is 2.19. The predicted octanol–water partition coefficient (Wildman–Crippen LogP) is 1.39. The van der Waals surface area contributed by atoms with Crippen LogP contribution in [0.2, 0.25) is 0 Å². The van der Waals surface area contributed by atoms with Crippen molar-refractivity contribution in [2.75, 3.05) is 19.8 Å². The Hall–Kier alpha value is -1.35. The molecule has 0 spiro atoms. The Morgan fingerprint density at radius 2 is 2.53 bits per heavy atom. The first-order chi connectivity index (χ1) is 9.31. The van der Waals surface area contributed by atoms with Crippen LogP contribution in [0, 0.1) is 11.8 Å². The van der Waals surface area contributed by atoms with E-state index in [0.717, 1.165) is 25.0 Å². The quantitative estimate of drug-likeness (QED) is 0.822. The second-order valence-electron chi connectivity index (χ2n) is 4.33. The summed E-state index contributed by atoms with van der Waals surface area (Å²) in [5.41, 5.74) is 0.729. The molecule has 0 aliphatic carbocycles. The van der Waals surface area contributed by atoms with Crippen molar-refractivity contribution in [2.45, 2.75) is 25.3 Å². The van der Waals surface area contributed by atoms with Crippen LogP contribution in [0.15, 0.2) is 11.4 Å². The Labute approximate surface area is 116 Å². The zero-order valence-corrected chi connectivity index (χ0v) is 11.5. The zero-order valence-electron chi connectivity index (χ0n) is 10.6. The van der Waals surface area contributed by atoms with E-state index in [-0.39, 0.29) is 18.6 Å². The van der Waals surface area contributed by atoms with Crippen molar-refractivity contribution >= 4 is 17.2 Å². The van der Waals surface area contributed by atoms with E-state index in [1.807, 2.05) is 11.4 Å². The van der Waals surface area contributed by atoms with Gasteiger partial charge < -0.3 is 15.2 Å². The molecule has 1 saturated heterocycles. The number of amides is 1. The van der Waals surface area contributed by atoms with Gasteiger partial charge in [0.1, 0.15) is 4.88 Å². The minimum Gasteiger partial charge on any atom is -0.395 e. The highest BCUT2D eigenvalue weighted by atomic mass is 32.1. The van der Waals surface area contributed by atoms with Crippen molar-refractivity contribution in [2.24, 2.45) is 0 Å². The van der Waals surface area contributed by atoms with Gasteiger partial charge in [0.05, 0.1) is 19.3 Å². The van der Waals surface area contributed by atoms with Crippen molar-refractivity contribution < 1.29 is 14.6 Å². The number of nitrogens with one attached hydrogen (secondary N) is 1. The van der Waals surface area contributed by atoms with Crippen LogP contribution in [0.25, 0.3) is 0 Å². The first-order valence-corrected chi connectivity index (χ1v) is 7.25. The van der Waals surface area contributed by atoms with Crippen LogP contribution in [-0.2, 0) is 4.74 Å². The summed E-state index contributed by atoms with van der Waals surface area (Å²) in [4.78, 5) is 12.8. The third-order valence-electron chi connectivity index (χ3n) is 2.83. The van der Waals surface area contributed by atoms with Crippen LogP contribution >= 0.6 is 11.3 Å². The van der Waals surface area contributed by atoms with Gasteiger partial charge in [-0.2, -0.15) is 0 Å². The Kier molecular flexibility index (Phi) is 5.40. The van der Waals surface area contributed by atoms with Crippen molar-refractivity contribution in [1.82, 2.24) is 5.32 Å². The summed E-state index contributed by atoms with van der Waals surface area (Å²) < 4.78 is 5.34. The van der Waals surface area contributed by atoms with Gasteiger partial charge in [0.25, 0.3) is 5.91 Å². The van der Waals surface area contributed by atoms with Gasteiger partial charge in [-0.3, -0.25) is 4.79 Å². The van der Waals surface area contributed by atoms with E-state index in [1.54, 1.807) is 0 Å². The maximum Gasteiger partial charge on any atom is 0.262 e. The number of ether oxygens (including phenoxy) is 1. The van der Waals surface area contributed by atoms with Crippen LogP contribution in [0.5, 0.6) is 0 Å². The van der Waals surface area contributed by atoms with E-state index in [4.69, 9.17) is 9.84 Å². The number of carbonyl (C=O) groups excluding carboxylic acids is 1. The lowest BCUT2D eigenvalue weighted by Gasteiger charge is -2.22. The molecule has 4 nitrogen and oxygen atoms in total. The van der Waals surface area contributed by atoms with E-state index >= 15 is 0 Å². The molecule has 2 rings (SSSR count). The van der Waals surface area contributed by atoms with Crippen molar-refractivity contribution in [3.63, 3.8) is 0 Å². The van der Waals surface area contributed by atoms with Gasteiger partial charge in [0, 0.05) is 18.6 Å². The predicted molar refractivity (Wildman–Crippen MR) is 74.2 cm³/mol. The summed E-state index contributed by atoms with van der Waals surface area (Å²) >= 11 is 1.39. The van der Waals surface area contributed by atoms with Gasteiger partial charge in [0.2, 0.25) is 0 Å². The molecular formula is C14H17NO3S. The molecule has 1 amide bonds. The lowest BCUT2D eigenvalue weighted by Crippen LogP contribution is -2.40. The lowest BCUT2D eigenvalue weighted by molar-refractivity contribution is 0.0626. The number of hydrogen-bond donors (Lipinski definition) is 2. The fraction of sp³-hybridized carbons (Fsp3) is 0.500. The Balaban J connectivity index is 1.99. The molecule has 2 heterocycles. The van der Waals surface area contributed by atoms with E-state index < -0.39 is 0 Å². The SMILES string of the molecule is O=C(NC1CCCOC1)c1sccc1C#CCCO. The smallest absolute Gasteiger partial charge is 0.262 e. The molecule has 1 aliphatic heterocycles. The highest BCUT2D eigenvalue weighted by Crippen LogP contribution is 2.17. The van der Waals surface area contributed by atoms with Crippen LogP contribution in [0.3, 0.4) is 0 Å². The Bertz CT molecular complexity index is 480. The molecule has 1 aliphatic rings. The standard InChI is InChI=1S/C14H17NO3S/c16-7-2-1-4-11-6-9-19-13(11)14(17)15-12-5-3-8-18-10-12/h6,9,12,16H,2-3,5,7-8,10H2,(H,15,17). The molecule has 102 valence electrons. The molecule has 0 aromatic carbocycles. The van der Waals surface area contributed by atoms with Crippen molar-refractivity contribution in [3.8, 4) is 11.8 Å². The Morgan fingerprint density at radius 1 is 1.63 bits per heavy atom. The molecule has 0 bridgehead atoms. The minimum absolute atomic E-state index is 0.0398. The molecule has 0 radical (unpaired) electrons. The molecule has 19 heavy (non-hydrogen) atoms. The molecule has 5 heteroatoms. The monoisotopic (exact) mass is 279 g/mol. The van der Waals surface area contributed by atoms with Gasteiger partial charge in [-0.05, 0) is 24.3 Å². The fourth-order valence-electron chi connectivity index (χ4n) is 1.90. The van der Waals surface area contributed by atoms with E-state index in [9.17, 15) is 4.79 Å². The van der Waals surface area contributed by atoms with Crippen LogP contribution in [-0.4, -0.2) is 36.9 Å². The average Bonchev–Trinajstić information content (AvgIpc) is 2.89. The second-order valence-corrected chi connectivity index (χ2v) is 5.24. The number of carbonyl (C=O) groups is 1. The van der Waals surface area contributed by atoms with E-state index in [2.05, 4.69) is 17.2 Å². The fourth-order valence-corrected chi connectivity index (χ4v) is 2.65. The number of aliphatic hydroxyl groups is 1. The normalized spacial score (nSPS) is 18.5. The first kappa shape index (κ1) is 14.1. The van der Waals surface area contributed by atoms with Gasteiger partial charge in [-0.1, -0.05) is 11.8 Å². The minimum atomic E-state index is -0.0844. The van der Waals surface area contributed by atoms with Gasteiger partial charge in [-0.25, -0.2) is 0 Å². The van der Waals surface area contributed by atoms with E-state index in [0.29, 0.717) is 17.9 Å². The first-order valence-electron chi connectivity index (χ1n) is 6.37. The highest BCUT2D eigenvalue weighted by molar-refractivity contribution is 7.12. The number of hydrogen-bond acceptors (Lipinski definition) is 4. The maximum atomic E-state index is 12.2. The summed E-state index contributed by atoms with van der Waals surface area (Å²) in [6.07, 6.45) is 2.37. The van der Waals surface area contributed by atoms with E-state index in [1.165, 1.54) is 11.3 Å². The number of aliphatic hydroxyl groups excluding tert-OH is 1. The number of rotatable bonds is 3.